The second kappa shape index (κ2) is 5.56. The minimum absolute atomic E-state index is 0.0519. The van der Waals surface area contributed by atoms with E-state index in [0.29, 0.717) is 6.54 Å². The molecule has 1 aliphatic carbocycles. The van der Waals surface area contributed by atoms with Crippen molar-refractivity contribution in [1.29, 1.82) is 0 Å². The average molecular weight is 328 g/mol. The molecule has 1 aliphatic rings. The highest BCUT2D eigenvalue weighted by Gasteiger charge is 2.23. The molecule has 2 heterocycles. The van der Waals surface area contributed by atoms with Gasteiger partial charge >= 0.3 is 0 Å². The first-order chi connectivity index (χ1) is 10.8. The third-order valence-corrected chi connectivity index (χ3v) is 6.10. The van der Waals surface area contributed by atoms with Crippen LogP contribution in [0.25, 0.3) is 10.1 Å². The zero-order valence-corrected chi connectivity index (χ0v) is 14.0. The van der Waals surface area contributed by atoms with Crippen LogP contribution in [-0.4, -0.2) is 16.0 Å². The molecule has 0 fully saturated rings. The Morgan fingerprint density at radius 3 is 2.86 bits per heavy atom. The summed E-state index contributed by atoms with van der Waals surface area (Å²) in [5.74, 6) is 0. The van der Waals surface area contributed by atoms with Gasteiger partial charge < -0.3 is 0 Å². The minimum Gasteiger partial charge on any atom is -0.266 e. The van der Waals surface area contributed by atoms with Crippen LogP contribution in [0, 0.1) is 0 Å². The molecule has 0 N–H and O–H groups in total. The summed E-state index contributed by atoms with van der Waals surface area (Å²) in [6, 6.07) is 10.0. The van der Waals surface area contributed by atoms with Crippen molar-refractivity contribution in [2.75, 3.05) is 6.26 Å². The Morgan fingerprint density at radius 1 is 1.27 bits per heavy atom. The molecule has 0 bridgehead atoms. The lowest BCUT2D eigenvalue weighted by Gasteiger charge is -2.08. The molecule has 3 aromatic rings. The highest BCUT2D eigenvalue weighted by molar-refractivity contribution is 7.98. The SMILES string of the molecule is CSc1nn(Cc2ccccc2)c(=O)c2sc3c(c12)CCC3. The number of fused-ring (bicyclic) bond motifs is 3. The first-order valence-corrected chi connectivity index (χ1v) is 9.45. The molecule has 1 aromatic carbocycles. The molecule has 22 heavy (non-hydrogen) atoms. The number of hydrogen-bond acceptors (Lipinski definition) is 4. The Hall–Kier alpha value is -1.59. The summed E-state index contributed by atoms with van der Waals surface area (Å²) in [6.07, 6.45) is 5.45. The average Bonchev–Trinajstić information content (AvgIpc) is 3.12. The van der Waals surface area contributed by atoms with Crippen LogP contribution in [0.15, 0.2) is 40.2 Å². The van der Waals surface area contributed by atoms with Gasteiger partial charge in [-0.1, -0.05) is 30.3 Å². The lowest BCUT2D eigenvalue weighted by Crippen LogP contribution is -2.23. The Bertz CT molecular complexity index is 896. The predicted octanol–water partition coefficient (Wildman–Crippen LogP) is 3.72. The number of rotatable bonds is 3. The van der Waals surface area contributed by atoms with Gasteiger partial charge in [-0.15, -0.1) is 23.1 Å². The van der Waals surface area contributed by atoms with E-state index in [1.54, 1.807) is 27.8 Å². The number of aromatic nitrogens is 2. The number of nitrogens with zero attached hydrogens (tertiary/aromatic N) is 2. The molecule has 0 spiro atoms. The third-order valence-electron chi connectivity index (χ3n) is 4.14. The fraction of sp³-hybridized carbons (Fsp3) is 0.294. The van der Waals surface area contributed by atoms with Crippen LogP contribution in [0.3, 0.4) is 0 Å². The molecule has 4 rings (SSSR count). The molecular formula is C17H16N2OS2. The standard InChI is InChI=1S/C17H16N2OS2/c1-21-16-14-12-8-5-9-13(12)22-15(14)17(20)19(18-16)10-11-6-3-2-4-7-11/h2-4,6-7H,5,8-10H2,1H3. The summed E-state index contributed by atoms with van der Waals surface area (Å²) in [4.78, 5) is 14.2. The zero-order valence-electron chi connectivity index (χ0n) is 12.3. The van der Waals surface area contributed by atoms with Crippen molar-refractivity contribution in [3.63, 3.8) is 0 Å². The molecule has 0 atom stereocenters. The Labute approximate surface area is 137 Å². The maximum atomic E-state index is 12.8. The monoisotopic (exact) mass is 328 g/mol. The third kappa shape index (κ3) is 2.20. The van der Waals surface area contributed by atoms with Crippen molar-refractivity contribution >= 4 is 33.2 Å². The maximum Gasteiger partial charge on any atom is 0.285 e. The second-order valence-electron chi connectivity index (χ2n) is 5.52. The van der Waals surface area contributed by atoms with E-state index in [4.69, 9.17) is 0 Å². The molecule has 0 saturated carbocycles. The van der Waals surface area contributed by atoms with Crippen molar-refractivity contribution in [1.82, 2.24) is 9.78 Å². The van der Waals surface area contributed by atoms with E-state index >= 15 is 0 Å². The molecule has 2 aromatic heterocycles. The largest absolute Gasteiger partial charge is 0.285 e. The first kappa shape index (κ1) is 14.0. The Kier molecular flexibility index (Phi) is 3.54. The van der Waals surface area contributed by atoms with E-state index in [9.17, 15) is 4.79 Å². The first-order valence-electron chi connectivity index (χ1n) is 7.41. The van der Waals surface area contributed by atoms with Crippen LogP contribution in [0.1, 0.15) is 22.4 Å². The summed E-state index contributed by atoms with van der Waals surface area (Å²) in [5.41, 5.74) is 2.53. The highest BCUT2D eigenvalue weighted by atomic mass is 32.2. The lowest BCUT2D eigenvalue weighted by atomic mass is 10.2. The highest BCUT2D eigenvalue weighted by Crippen LogP contribution is 2.39. The van der Waals surface area contributed by atoms with Gasteiger partial charge in [0, 0.05) is 10.3 Å². The number of benzene rings is 1. The molecule has 3 nitrogen and oxygen atoms in total. The summed E-state index contributed by atoms with van der Waals surface area (Å²) in [7, 11) is 0. The van der Waals surface area contributed by atoms with Crippen LogP contribution in [0.2, 0.25) is 0 Å². The normalized spacial score (nSPS) is 13.7. The van der Waals surface area contributed by atoms with E-state index in [1.807, 2.05) is 36.6 Å². The molecule has 0 radical (unpaired) electrons. The Balaban J connectivity index is 1.90. The lowest BCUT2D eigenvalue weighted by molar-refractivity contribution is 0.621. The van der Waals surface area contributed by atoms with Gasteiger partial charge in [-0.3, -0.25) is 4.79 Å². The summed E-state index contributed by atoms with van der Waals surface area (Å²) in [5, 5.41) is 6.75. The van der Waals surface area contributed by atoms with Gasteiger partial charge in [0.2, 0.25) is 0 Å². The van der Waals surface area contributed by atoms with E-state index in [1.165, 1.54) is 16.9 Å². The second-order valence-corrected chi connectivity index (χ2v) is 7.42. The van der Waals surface area contributed by atoms with Gasteiger partial charge in [0.1, 0.15) is 9.73 Å². The number of aryl methyl sites for hydroxylation is 2. The van der Waals surface area contributed by atoms with Gasteiger partial charge in [0.25, 0.3) is 5.56 Å². The van der Waals surface area contributed by atoms with Crippen LogP contribution >= 0.6 is 23.1 Å². The molecule has 0 amide bonds. The van der Waals surface area contributed by atoms with Crippen molar-refractivity contribution in [2.24, 2.45) is 0 Å². The van der Waals surface area contributed by atoms with Gasteiger partial charge in [-0.25, -0.2) is 4.68 Å². The van der Waals surface area contributed by atoms with Crippen molar-refractivity contribution < 1.29 is 0 Å². The topological polar surface area (TPSA) is 34.9 Å². The molecule has 112 valence electrons. The van der Waals surface area contributed by atoms with Gasteiger partial charge in [-0.2, -0.15) is 5.10 Å². The maximum absolute atomic E-state index is 12.8. The van der Waals surface area contributed by atoms with Crippen LogP contribution < -0.4 is 5.56 Å². The number of hydrogen-bond donors (Lipinski definition) is 0. The predicted molar refractivity (Wildman–Crippen MR) is 93.2 cm³/mol. The van der Waals surface area contributed by atoms with E-state index < -0.39 is 0 Å². The molecule has 0 saturated heterocycles. The van der Waals surface area contributed by atoms with Gasteiger partial charge in [0.15, 0.2) is 0 Å². The van der Waals surface area contributed by atoms with Crippen LogP contribution in [0.4, 0.5) is 0 Å². The smallest absolute Gasteiger partial charge is 0.266 e. The van der Waals surface area contributed by atoms with Gasteiger partial charge in [-0.05, 0) is 36.6 Å². The molecule has 5 heteroatoms. The van der Waals surface area contributed by atoms with E-state index in [-0.39, 0.29) is 5.56 Å². The molecule has 0 aliphatic heterocycles. The summed E-state index contributed by atoms with van der Waals surface area (Å²) in [6.45, 7) is 0.533. The van der Waals surface area contributed by atoms with Crippen molar-refractivity contribution in [3.8, 4) is 0 Å². The molecule has 0 unspecified atom stereocenters. The van der Waals surface area contributed by atoms with E-state index in [2.05, 4.69) is 5.10 Å². The fourth-order valence-electron chi connectivity index (χ4n) is 3.11. The minimum atomic E-state index is 0.0519. The van der Waals surface area contributed by atoms with E-state index in [0.717, 1.165) is 33.5 Å². The number of thioether (sulfide) groups is 1. The van der Waals surface area contributed by atoms with Crippen LogP contribution in [-0.2, 0) is 19.4 Å². The summed E-state index contributed by atoms with van der Waals surface area (Å²) >= 11 is 3.32. The van der Waals surface area contributed by atoms with Crippen molar-refractivity contribution in [2.45, 2.75) is 30.8 Å². The fourth-order valence-corrected chi connectivity index (χ4v) is 5.12. The zero-order chi connectivity index (χ0) is 15.1. The number of thiophene rings is 1. The van der Waals surface area contributed by atoms with Gasteiger partial charge in [0.05, 0.1) is 6.54 Å². The molecular weight excluding hydrogens is 312 g/mol. The van der Waals surface area contributed by atoms with Crippen LogP contribution in [0.5, 0.6) is 0 Å². The quantitative estimate of drug-likeness (QED) is 0.687. The summed E-state index contributed by atoms with van der Waals surface area (Å²) < 4.78 is 2.51. The Morgan fingerprint density at radius 2 is 2.09 bits per heavy atom. The van der Waals surface area contributed by atoms with Crippen molar-refractivity contribution in [3.05, 3.63) is 56.7 Å².